The Morgan fingerprint density at radius 1 is 1.32 bits per heavy atom. The second-order valence-electron chi connectivity index (χ2n) is 6.33. The Kier molecular flexibility index (Phi) is 5.16. The first-order valence-corrected chi connectivity index (χ1v) is 8.79. The van der Waals surface area contributed by atoms with E-state index in [0.717, 1.165) is 38.0 Å². The number of piperidine rings is 1. The number of aryl methyl sites for hydroxylation is 1. The molecular weight excluding hydrogens is 318 g/mol. The lowest BCUT2D eigenvalue weighted by Gasteiger charge is -2.29. The highest BCUT2D eigenvalue weighted by Gasteiger charge is 2.22. The number of hydrogen-bond donors (Lipinski definition) is 2. The molecule has 8 nitrogen and oxygen atoms in total. The molecule has 0 saturated carbocycles. The van der Waals surface area contributed by atoms with Crippen LogP contribution in [0, 0.1) is 0 Å². The SMILES string of the molecule is CCn1cc(-c2cc(N[C@H](C)C(=O)N3CCCCC3)nc(N)n2)cn1. The van der Waals surface area contributed by atoms with Crippen molar-refractivity contribution in [3.05, 3.63) is 18.5 Å². The van der Waals surface area contributed by atoms with Crippen molar-refractivity contribution in [1.29, 1.82) is 0 Å². The van der Waals surface area contributed by atoms with Crippen molar-refractivity contribution in [3.8, 4) is 11.3 Å². The highest BCUT2D eigenvalue weighted by Crippen LogP contribution is 2.21. The van der Waals surface area contributed by atoms with Gasteiger partial charge in [0, 0.05) is 37.5 Å². The average molecular weight is 343 g/mol. The van der Waals surface area contributed by atoms with E-state index < -0.39 is 0 Å². The molecule has 2 aromatic rings. The quantitative estimate of drug-likeness (QED) is 0.857. The number of aromatic nitrogens is 4. The predicted molar refractivity (Wildman–Crippen MR) is 96.9 cm³/mol. The molecule has 3 N–H and O–H groups in total. The third-order valence-corrected chi connectivity index (χ3v) is 4.40. The van der Waals surface area contributed by atoms with Gasteiger partial charge in [0.05, 0.1) is 11.9 Å². The molecule has 1 aliphatic rings. The second kappa shape index (κ2) is 7.50. The maximum atomic E-state index is 12.6. The fourth-order valence-electron chi connectivity index (χ4n) is 3.03. The molecule has 3 rings (SSSR count). The van der Waals surface area contributed by atoms with Crippen LogP contribution in [-0.2, 0) is 11.3 Å². The van der Waals surface area contributed by atoms with E-state index in [4.69, 9.17) is 5.73 Å². The van der Waals surface area contributed by atoms with Gasteiger partial charge in [0.15, 0.2) is 0 Å². The van der Waals surface area contributed by atoms with E-state index in [-0.39, 0.29) is 17.9 Å². The van der Waals surface area contributed by atoms with Crippen LogP contribution in [0.2, 0.25) is 0 Å². The van der Waals surface area contributed by atoms with Crippen LogP contribution in [0.4, 0.5) is 11.8 Å². The lowest BCUT2D eigenvalue weighted by molar-refractivity contribution is -0.132. The minimum atomic E-state index is -0.362. The number of carbonyl (C=O) groups is 1. The van der Waals surface area contributed by atoms with Crippen molar-refractivity contribution in [2.75, 3.05) is 24.1 Å². The lowest BCUT2D eigenvalue weighted by atomic mass is 10.1. The maximum absolute atomic E-state index is 12.6. The standard InChI is InChI=1S/C17H25N7O/c1-3-24-11-13(10-19-24)14-9-15(22-17(18)21-14)20-12(2)16(25)23-7-5-4-6-8-23/h9-12H,3-8H2,1-2H3,(H3,18,20,21,22)/t12-/m1/s1. The molecule has 0 unspecified atom stereocenters. The van der Waals surface area contributed by atoms with Gasteiger partial charge in [-0.15, -0.1) is 0 Å². The van der Waals surface area contributed by atoms with Gasteiger partial charge in [0.1, 0.15) is 11.9 Å². The smallest absolute Gasteiger partial charge is 0.244 e. The normalized spacial score (nSPS) is 15.8. The topological polar surface area (TPSA) is 102 Å². The van der Waals surface area contributed by atoms with Crippen LogP contribution in [0.25, 0.3) is 11.3 Å². The first kappa shape index (κ1) is 17.2. The van der Waals surface area contributed by atoms with E-state index in [1.807, 2.05) is 29.6 Å². The molecule has 2 aromatic heterocycles. The molecule has 0 aliphatic carbocycles. The Bertz CT molecular complexity index is 736. The van der Waals surface area contributed by atoms with E-state index in [2.05, 4.69) is 20.4 Å². The molecule has 1 fully saturated rings. The lowest BCUT2D eigenvalue weighted by Crippen LogP contribution is -2.44. The molecular formula is C17H25N7O. The molecule has 0 spiro atoms. The van der Waals surface area contributed by atoms with Crippen molar-refractivity contribution in [3.63, 3.8) is 0 Å². The Balaban J connectivity index is 1.74. The average Bonchev–Trinajstić information content (AvgIpc) is 3.10. The highest BCUT2D eigenvalue weighted by atomic mass is 16.2. The van der Waals surface area contributed by atoms with Crippen LogP contribution in [0.5, 0.6) is 0 Å². The summed E-state index contributed by atoms with van der Waals surface area (Å²) in [6.07, 6.45) is 7.00. The largest absolute Gasteiger partial charge is 0.368 e. The summed E-state index contributed by atoms with van der Waals surface area (Å²) >= 11 is 0. The Labute approximate surface area is 147 Å². The third kappa shape index (κ3) is 4.07. The van der Waals surface area contributed by atoms with E-state index in [0.29, 0.717) is 11.5 Å². The van der Waals surface area contributed by atoms with Crippen molar-refractivity contribution >= 4 is 17.7 Å². The van der Waals surface area contributed by atoms with Gasteiger partial charge in [0.2, 0.25) is 11.9 Å². The summed E-state index contributed by atoms with van der Waals surface area (Å²) in [6, 6.07) is 1.44. The number of carbonyl (C=O) groups excluding carboxylic acids is 1. The molecule has 0 aromatic carbocycles. The monoisotopic (exact) mass is 343 g/mol. The zero-order chi connectivity index (χ0) is 17.8. The molecule has 1 atom stereocenters. The van der Waals surface area contributed by atoms with Crippen LogP contribution in [-0.4, -0.2) is 49.7 Å². The van der Waals surface area contributed by atoms with Gasteiger partial charge in [-0.2, -0.15) is 10.1 Å². The minimum absolute atomic E-state index is 0.0947. The Morgan fingerprint density at radius 3 is 2.76 bits per heavy atom. The Hall–Kier alpha value is -2.64. The number of likely N-dealkylation sites (tertiary alicyclic amines) is 1. The number of nitrogen functional groups attached to an aromatic ring is 1. The zero-order valence-electron chi connectivity index (χ0n) is 14.8. The summed E-state index contributed by atoms with van der Waals surface area (Å²) in [5.41, 5.74) is 7.40. The number of hydrogen-bond acceptors (Lipinski definition) is 6. The number of amides is 1. The first-order valence-electron chi connectivity index (χ1n) is 8.79. The second-order valence-corrected chi connectivity index (χ2v) is 6.33. The summed E-state index contributed by atoms with van der Waals surface area (Å²) < 4.78 is 1.82. The molecule has 3 heterocycles. The molecule has 1 aliphatic heterocycles. The molecule has 25 heavy (non-hydrogen) atoms. The zero-order valence-corrected chi connectivity index (χ0v) is 14.8. The first-order chi connectivity index (χ1) is 12.1. The maximum Gasteiger partial charge on any atom is 0.244 e. The van der Waals surface area contributed by atoms with Gasteiger partial charge in [-0.05, 0) is 33.1 Å². The predicted octanol–water partition coefficient (Wildman–Crippen LogP) is 1.76. The van der Waals surface area contributed by atoms with Gasteiger partial charge in [-0.1, -0.05) is 0 Å². The van der Waals surface area contributed by atoms with Gasteiger partial charge in [-0.3, -0.25) is 9.48 Å². The van der Waals surface area contributed by atoms with E-state index >= 15 is 0 Å². The summed E-state index contributed by atoms with van der Waals surface area (Å²) in [7, 11) is 0. The number of nitrogens with one attached hydrogen (secondary N) is 1. The number of nitrogens with zero attached hydrogens (tertiary/aromatic N) is 5. The molecule has 8 heteroatoms. The van der Waals surface area contributed by atoms with Crippen LogP contribution >= 0.6 is 0 Å². The highest BCUT2D eigenvalue weighted by molar-refractivity contribution is 5.84. The number of nitrogens with two attached hydrogens (primary N) is 1. The fraction of sp³-hybridized carbons (Fsp3) is 0.529. The van der Waals surface area contributed by atoms with Crippen molar-refractivity contribution in [2.45, 2.75) is 45.7 Å². The van der Waals surface area contributed by atoms with Crippen molar-refractivity contribution < 1.29 is 4.79 Å². The van der Waals surface area contributed by atoms with Crippen LogP contribution in [0.15, 0.2) is 18.5 Å². The van der Waals surface area contributed by atoms with Crippen molar-refractivity contribution in [2.24, 2.45) is 0 Å². The molecule has 0 bridgehead atoms. The summed E-state index contributed by atoms with van der Waals surface area (Å²) in [4.78, 5) is 23.0. The summed E-state index contributed by atoms with van der Waals surface area (Å²) in [6.45, 7) is 6.32. The van der Waals surface area contributed by atoms with Gasteiger partial charge < -0.3 is 16.0 Å². The molecule has 134 valence electrons. The van der Waals surface area contributed by atoms with E-state index in [9.17, 15) is 4.79 Å². The van der Waals surface area contributed by atoms with Gasteiger partial charge in [0.25, 0.3) is 0 Å². The van der Waals surface area contributed by atoms with Crippen LogP contribution < -0.4 is 11.1 Å². The van der Waals surface area contributed by atoms with E-state index in [1.165, 1.54) is 6.42 Å². The van der Waals surface area contributed by atoms with Crippen molar-refractivity contribution in [1.82, 2.24) is 24.6 Å². The van der Waals surface area contributed by atoms with Gasteiger partial charge >= 0.3 is 0 Å². The third-order valence-electron chi connectivity index (χ3n) is 4.40. The number of rotatable bonds is 5. The molecule has 1 amide bonds. The molecule has 0 radical (unpaired) electrons. The summed E-state index contributed by atoms with van der Waals surface area (Å²) in [5, 5.41) is 7.42. The summed E-state index contributed by atoms with van der Waals surface area (Å²) in [5.74, 6) is 0.809. The van der Waals surface area contributed by atoms with Crippen LogP contribution in [0.3, 0.4) is 0 Å². The van der Waals surface area contributed by atoms with Crippen LogP contribution in [0.1, 0.15) is 33.1 Å². The number of anilines is 2. The molecule has 1 saturated heterocycles. The van der Waals surface area contributed by atoms with Gasteiger partial charge in [-0.25, -0.2) is 4.98 Å². The fourth-order valence-corrected chi connectivity index (χ4v) is 3.03. The van der Waals surface area contributed by atoms with E-state index in [1.54, 1.807) is 12.3 Å². The Morgan fingerprint density at radius 2 is 2.08 bits per heavy atom. The minimum Gasteiger partial charge on any atom is -0.368 e.